The lowest BCUT2D eigenvalue weighted by Crippen LogP contribution is -2.08. The zero-order valence-electron chi connectivity index (χ0n) is 9.90. The highest BCUT2D eigenvalue weighted by Crippen LogP contribution is 2.29. The minimum atomic E-state index is 0.335. The van der Waals surface area contributed by atoms with Gasteiger partial charge in [-0.2, -0.15) is 0 Å². The fraction of sp³-hybridized carbons (Fsp3) is 0.286. The van der Waals surface area contributed by atoms with Crippen molar-refractivity contribution >= 4 is 11.6 Å². The number of ether oxygens (including phenoxy) is 1. The Morgan fingerprint density at radius 3 is 3.11 bits per heavy atom. The Morgan fingerprint density at radius 1 is 1.28 bits per heavy atom. The van der Waals surface area contributed by atoms with E-state index in [1.807, 2.05) is 18.2 Å². The van der Waals surface area contributed by atoms with Crippen molar-refractivity contribution in [1.82, 2.24) is 9.97 Å². The molecule has 4 heteroatoms. The molecule has 3 rings (SSSR count). The molecule has 0 saturated carbocycles. The molecule has 3 nitrogen and oxygen atoms in total. The summed E-state index contributed by atoms with van der Waals surface area (Å²) in [5.74, 6) is 1.99. The summed E-state index contributed by atoms with van der Waals surface area (Å²) in [5, 5.41) is 0. The van der Waals surface area contributed by atoms with Crippen LogP contribution in [0, 0.1) is 0 Å². The van der Waals surface area contributed by atoms with Gasteiger partial charge in [-0.3, -0.25) is 0 Å². The van der Waals surface area contributed by atoms with E-state index in [0.29, 0.717) is 11.7 Å². The van der Waals surface area contributed by atoms with Crippen LogP contribution in [0.3, 0.4) is 0 Å². The molecule has 0 bridgehead atoms. The molecule has 92 valence electrons. The standard InChI is InChI=1S/C14H13ClN2O/c15-9-14-16-6-5-12(17-14)10-3-4-13-11(8-10)2-1-7-18-13/h3-6,8H,1-2,7,9H2. The molecule has 18 heavy (non-hydrogen) atoms. The van der Waals surface area contributed by atoms with Gasteiger partial charge in [0.15, 0.2) is 0 Å². The SMILES string of the molecule is ClCc1nccc(-c2ccc3c(c2)CCCO3)n1. The summed E-state index contributed by atoms with van der Waals surface area (Å²) in [6, 6.07) is 8.10. The van der Waals surface area contributed by atoms with Crippen molar-refractivity contribution in [3.63, 3.8) is 0 Å². The second-order valence-electron chi connectivity index (χ2n) is 4.27. The van der Waals surface area contributed by atoms with Crippen molar-refractivity contribution in [3.8, 4) is 17.0 Å². The third-order valence-corrected chi connectivity index (χ3v) is 3.27. The van der Waals surface area contributed by atoms with Crippen LogP contribution in [-0.2, 0) is 12.3 Å². The van der Waals surface area contributed by atoms with E-state index in [9.17, 15) is 0 Å². The summed E-state index contributed by atoms with van der Waals surface area (Å²) in [7, 11) is 0. The summed E-state index contributed by atoms with van der Waals surface area (Å²) in [4.78, 5) is 8.53. The van der Waals surface area contributed by atoms with Crippen molar-refractivity contribution in [3.05, 3.63) is 41.9 Å². The Kier molecular flexibility index (Phi) is 3.15. The van der Waals surface area contributed by atoms with Crippen LogP contribution in [0.2, 0.25) is 0 Å². The van der Waals surface area contributed by atoms with Crippen molar-refractivity contribution in [2.45, 2.75) is 18.7 Å². The molecule has 0 atom stereocenters. The van der Waals surface area contributed by atoms with E-state index in [-0.39, 0.29) is 0 Å². The van der Waals surface area contributed by atoms with Gasteiger partial charge in [-0.05, 0) is 42.7 Å². The first-order valence-corrected chi connectivity index (χ1v) is 6.54. The van der Waals surface area contributed by atoms with Gasteiger partial charge in [0.2, 0.25) is 0 Å². The van der Waals surface area contributed by atoms with E-state index < -0.39 is 0 Å². The Balaban J connectivity index is 2.00. The number of alkyl halides is 1. The predicted octanol–water partition coefficient (Wildman–Crippen LogP) is 3.21. The first-order chi connectivity index (χ1) is 8.86. The first-order valence-electron chi connectivity index (χ1n) is 6.01. The van der Waals surface area contributed by atoms with Gasteiger partial charge in [-0.15, -0.1) is 11.6 Å². The van der Waals surface area contributed by atoms with Gasteiger partial charge < -0.3 is 4.74 Å². The van der Waals surface area contributed by atoms with Gasteiger partial charge in [0.25, 0.3) is 0 Å². The normalized spacial score (nSPS) is 13.8. The molecule has 0 amide bonds. The smallest absolute Gasteiger partial charge is 0.143 e. The van der Waals surface area contributed by atoms with Crippen LogP contribution in [0.4, 0.5) is 0 Å². The van der Waals surface area contributed by atoms with Crippen molar-refractivity contribution < 1.29 is 4.74 Å². The maximum absolute atomic E-state index is 5.76. The fourth-order valence-corrected chi connectivity index (χ4v) is 2.27. The number of benzene rings is 1. The number of hydrogen-bond acceptors (Lipinski definition) is 3. The second-order valence-corrected chi connectivity index (χ2v) is 4.53. The Morgan fingerprint density at radius 2 is 2.22 bits per heavy atom. The molecule has 0 unspecified atom stereocenters. The van der Waals surface area contributed by atoms with Crippen molar-refractivity contribution in [2.24, 2.45) is 0 Å². The number of aromatic nitrogens is 2. The van der Waals surface area contributed by atoms with Crippen LogP contribution in [-0.4, -0.2) is 16.6 Å². The van der Waals surface area contributed by atoms with Gasteiger partial charge in [0, 0.05) is 11.8 Å². The minimum Gasteiger partial charge on any atom is -0.493 e. The summed E-state index contributed by atoms with van der Waals surface area (Å²) in [6.07, 6.45) is 3.89. The minimum absolute atomic E-state index is 0.335. The van der Waals surface area contributed by atoms with Crippen molar-refractivity contribution in [2.75, 3.05) is 6.61 Å². The van der Waals surface area contributed by atoms with Gasteiger partial charge in [-0.25, -0.2) is 9.97 Å². The van der Waals surface area contributed by atoms with E-state index in [1.54, 1.807) is 6.20 Å². The molecule has 0 aliphatic carbocycles. The lowest BCUT2D eigenvalue weighted by molar-refractivity contribution is 0.288. The number of nitrogens with zero attached hydrogens (tertiary/aromatic N) is 2. The van der Waals surface area contributed by atoms with E-state index >= 15 is 0 Å². The Bertz CT molecular complexity index is 571. The Labute approximate surface area is 111 Å². The number of hydrogen-bond donors (Lipinski definition) is 0. The molecule has 0 N–H and O–H groups in total. The van der Waals surface area contributed by atoms with Crippen LogP contribution in [0.25, 0.3) is 11.3 Å². The van der Waals surface area contributed by atoms with Crippen LogP contribution in [0.15, 0.2) is 30.5 Å². The molecular weight excluding hydrogens is 248 g/mol. The third kappa shape index (κ3) is 2.18. The van der Waals surface area contributed by atoms with Gasteiger partial charge >= 0.3 is 0 Å². The lowest BCUT2D eigenvalue weighted by Gasteiger charge is -2.17. The molecule has 0 fully saturated rings. The monoisotopic (exact) mass is 260 g/mol. The third-order valence-electron chi connectivity index (χ3n) is 3.03. The largest absolute Gasteiger partial charge is 0.493 e. The number of halogens is 1. The van der Waals surface area contributed by atoms with E-state index in [1.165, 1.54) is 5.56 Å². The molecule has 2 heterocycles. The molecular formula is C14H13ClN2O. The fourth-order valence-electron chi connectivity index (χ4n) is 2.14. The number of rotatable bonds is 2. The zero-order chi connectivity index (χ0) is 12.4. The molecule has 0 saturated heterocycles. The highest BCUT2D eigenvalue weighted by atomic mass is 35.5. The summed E-state index contributed by atoms with van der Waals surface area (Å²) in [6.45, 7) is 0.816. The van der Waals surface area contributed by atoms with Gasteiger partial charge in [-0.1, -0.05) is 0 Å². The average Bonchev–Trinajstić information content (AvgIpc) is 2.47. The molecule has 2 aromatic rings. The van der Waals surface area contributed by atoms with Crippen LogP contribution >= 0.6 is 11.6 Å². The Hall–Kier alpha value is -1.61. The van der Waals surface area contributed by atoms with E-state index in [4.69, 9.17) is 16.3 Å². The maximum atomic E-state index is 5.76. The first kappa shape index (κ1) is 11.5. The maximum Gasteiger partial charge on any atom is 0.143 e. The van der Waals surface area contributed by atoms with E-state index in [2.05, 4.69) is 16.0 Å². The van der Waals surface area contributed by atoms with E-state index in [0.717, 1.165) is 36.5 Å². The number of aryl methyl sites for hydroxylation is 1. The van der Waals surface area contributed by atoms with Crippen LogP contribution < -0.4 is 4.74 Å². The highest BCUT2D eigenvalue weighted by Gasteiger charge is 2.11. The van der Waals surface area contributed by atoms with Gasteiger partial charge in [0.05, 0.1) is 18.2 Å². The molecule has 0 radical (unpaired) electrons. The molecule has 1 aliphatic rings. The lowest BCUT2D eigenvalue weighted by atomic mass is 10.0. The zero-order valence-corrected chi connectivity index (χ0v) is 10.7. The molecule has 0 spiro atoms. The summed E-state index contributed by atoms with van der Waals surface area (Å²) in [5.41, 5.74) is 3.26. The average molecular weight is 261 g/mol. The van der Waals surface area contributed by atoms with Crippen LogP contribution in [0.5, 0.6) is 5.75 Å². The summed E-state index contributed by atoms with van der Waals surface area (Å²) < 4.78 is 5.61. The highest BCUT2D eigenvalue weighted by molar-refractivity contribution is 6.16. The summed E-state index contributed by atoms with van der Waals surface area (Å²) >= 11 is 5.76. The van der Waals surface area contributed by atoms with Crippen molar-refractivity contribution in [1.29, 1.82) is 0 Å². The second kappa shape index (κ2) is 4.94. The topological polar surface area (TPSA) is 35.0 Å². The number of fused-ring (bicyclic) bond motifs is 1. The quantitative estimate of drug-likeness (QED) is 0.778. The predicted molar refractivity (Wildman–Crippen MR) is 70.8 cm³/mol. The molecule has 1 aliphatic heterocycles. The molecule has 1 aromatic heterocycles. The van der Waals surface area contributed by atoms with Crippen LogP contribution in [0.1, 0.15) is 17.8 Å². The van der Waals surface area contributed by atoms with Gasteiger partial charge in [0.1, 0.15) is 11.6 Å². The molecule has 1 aromatic carbocycles.